The Hall–Kier alpha value is -2.64. The summed E-state index contributed by atoms with van der Waals surface area (Å²) in [5, 5.41) is 8.99. The minimum absolute atomic E-state index is 0.0305. The van der Waals surface area contributed by atoms with Crippen LogP contribution in [0.25, 0.3) is 0 Å². The monoisotopic (exact) mass is 306 g/mol. The second kappa shape index (κ2) is 6.64. The zero-order valence-corrected chi connectivity index (χ0v) is 13.0. The SMILES string of the molecule is CC1CN(C(=O)c2cccc(C#N)c2)CC(c2ccccc2)O1. The lowest BCUT2D eigenvalue weighted by molar-refractivity contribution is -0.0691. The molecule has 0 saturated carbocycles. The van der Waals surface area contributed by atoms with Crippen LogP contribution in [0.1, 0.15) is 34.5 Å². The molecule has 0 N–H and O–H groups in total. The molecular weight excluding hydrogens is 288 g/mol. The molecule has 0 spiro atoms. The van der Waals surface area contributed by atoms with Crippen molar-refractivity contribution in [1.29, 1.82) is 5.26 Å². The first-order valence-electron chi connectivity index (χ1n) is 7.67. The van der Waals surface area contributed by atoms with Gasteiger partial charge < -0.3 is 9.64 Å². The molecule has 4 heteroatoms. The molecule has 1 fully saturated rings. The molecule has 0 bridgehead atoms. The number of ether oxygens (including phenoxy) is 1. The van der Waals surface area contributed by atoms with Crippen molar-refractivity contribution >= 4 is 5.91 Å². The number of nitriles is 1. The Morgan fingerprint density at radius 3 is 2.70 bits per heavy atom. The first kappa shape index (κ1) is 15.3. The predicted molar refractivity (Wildman–Crippen MR) is 86.8 cm³/mol. The number of benzene rings is 2. The fourth-order valence-electron chi connectivity index (χ4n) is 2.87. The molecule has 2 aromatic carbocycles. The van der Waals surface area contributed by atoms with Gasteiger partial charge in [-0.2, -0.15) is 5.26 Å². The summed E-state index contributed by atoms with van der Waals surface area (Å²) in [5.74, 6) is -0.0572. The second-order valence-electron chi connectivity index (χ2n) is 5.75. The van der Waals surface area contributed by atoms with Gasteiger partial charge in [-0.25, -0.2) is 0 Å². The molecule has 116 valence electrons. The molecule has 2 atom stereocenters. The summed E-state index contributed by atoms with van der Waals surface area (Å²) in [6, 6.07) is 18.8. The number of amides is 1. The highest BCUT2D eigenvalue weighted by Crippen LogP contribution is 2.26. The predicted octanol–water partition coefficient (Wildman–Crippen LogP) is 3.16. The summed E-state index contributed by atoms with van der Waals surface area (Å²) >= 11 is 0. The van der Waals surface area contributed by atoms with Crippen LogP contribution in [0, 0.1) is 11.3 Å². The van der Waals surface area contributed by atoms with Gasteiger partial charge >= 0.3 is 0 Å². The molecule has 1 amide bonds. The fraction of sp³-hybridized carbons (Fsp3) is 0.263. The Labute approximate surface area is 135 Å². The number of rotatable bonds is 2. The van der Waals surface area contributed by atoms with Gasteiger partial charge in [-0.05, 0) is 30.7 Å². The quantitative estimate of drug-likeness (QED) is 0.856. The number of morpholine rings is 1. The molecule has 2 unspecified atom stereocenters. The Morgan fingerprint density at radius 2 is 1.96 bits per heavy atom. The van der Waals surface area contributed by atoms with Crippen molar-refractivity contribution in [2.45, 2.75) is 19.1 Å². The Balaban J connectivity index is 1.81. The number of hydrogen-bond donors (Lipinski definition) is 0. The molecule has 0 aliphatic carbocycles. The van der Waals surface area contributed by atoms with Gasteiger partial charge in [0.25, 0.3) is 5.91 Å². The minimum Gasteiger partial charge on any atom is -0.367 e. The van der Waals surface area contributed by atoms with E-state index in [1.807, 2.05) is 42.2 Å². The largest absolute Gasteiger partial charge is 0.367 e. The molecule has 4 nitrogen and oxygen atoms in total. The molecule has 23 heavy (non-hydrogen) atoms. The molecule has 1 saturated heterocycles. The molecule has 0 radical (unpaired) electrons. The maximum Gasteiger partial charge on any atom is 0.254 e. The average Bonchev–Trinajstić information content (AvgIpc) is 2.61. The van der Waals surface area contributed by atoms with Crippen molar-refractivity contribution in [3.8, 4) is 6.07 Å². The minimum atomic E-state index is -0.122. The Morgan fingerprint density at radius 1 is 1.17 bits per heavy atom. The van der Waals surface area contributed by atoms with Crippen molar-refractivity contribution in [1.82, 2.24) is 4.90 Å². The lowest BCUT2D eigenvalue weighted by Crippen LogP contribution is -2.46. The van der Waals surface area contributed by atoms with Crippen LogP contribution < -0.4 is 0 Å². The lowest BCUT2D eigenvalue weighted by Gasteiger charge is -2.37. The second-order valence-corrected chi connectivity index (χ2v) is 5.75. The maximum absolute atomic E-state index is 12.8. The van der Waals surface area contributed by atoms with Gasteiger partial charge in [0.1, 0.15) is 6.10 Å². The van der Waals surface area contributed by atoms with Crippen molar-refractivity contribution in [2.24, 2.45) is 0 Å². The van der Waals surface area contributed by atoms with Gasteiger partial charge in [0.05, 0.1) is 24.3 Å². The first-order valence-corrected chi connectivity index (χ1v) is 7.67. The molecule has 3 rings (SSSR count). The van der Waals surface area contributed by atoms with Crippen molar-refractivity contribution in [3.05, 3.63) is 71.3 Å². The van der Waals surface area contributed by atoms with Gasteiger partial charge in [-0.15, -0.1) is 0 Å². The molecule has 1 aliphatic rings. The highest BCUT2D eigenvalue weighted by Gasteiger charge is 2.29. The van der Waals surface area contributed by atoms with Crippen molar-refractivity contribution in [2.75, 3.05) is 13.1 Å². The van der Waals surface area contributed by atoms with Gasteiger partial charge in [0.15, 0.2) is 0 Å². The normalized spacial score (nSPS) is 20.8. The summed E-state index contributed by atoms with van der Waals surface area (Å²) in [6.45, 7) is 3.05. The van der Waals surface area contributed by atoms with E-state index >= 15 is 0 Å². The third-order valence-electron chi connectivity index (χ3n) is 3.96. The average molecular weight is 306 g/mol. The van der Waals surface area contributed by atoms with Crippen LogP contribution in [0.2, 0.25) is 0 Å². The maximum atomic E-state index is 12.8. The van der Waals surface area contributed by atoms with E-state index in [4.69, 9.17) is 10.00 Å². The zero-order chi connectivity index (χ0) is 16.2. The smallest absolute Gasteiger partial charge is 0.254 e. The van der Waals surface area contributed by atoms with Crippen LogP contribution in [0.3, 0.4) is 0 Å². The van der Waals surface area contributed by atoms with Crippen LogP contribution in [0.4, 0.5) is 0 Å². The molecule has 1 aliphatic heterocycles. The molecule has 1 heterocycles. The summed E-state index contributed by atoms with van der Waals surface area (Å²) in [5.41, 5.74) is 2.12. The third kappa shape index (κ3) is 3.41. The standard InChI is InChI=1S/C19H18N2O2/c1-14-12-21(13-18(23-14)16-7-3-2-4-8-16)19(22)17-9-5-6-15(10-17)11-20/h2-10,14,18H,12-13H2,1H3. The van der Waals surface area contributed by atoms with Crippen LogP contribution in [0.5, 0.6) is 0 Å². The van der Waals surface area contributed by atoms with Gasteiger partial charge in [0.2, 0.25) is 0 Å². The highest BCUT2D eigenvalue weighted by atomic mass is 16.5. The fourth-order valence-corrected chi connectivity index (χ4v) is 2.87. The van der Waals surface area contributed by atoms with Crippen LogP contribution in [0.15, 0.2) is 54.6 Å². The number of hydrogen-bond acceptors (Lipinski definition) is 3. The van der Waals surface area contributed by atoms with E-state index in [1.54, 1.807) is 24.3 Å². The van der Waals surface area contributed by atoms with Crippen LogP contribution in [-0.2, 0) is 4.74 Å². The highest BCUT2D eigenvalue weighted by molar-refractivity contribution is 5.94. The summed E-state index contributed by atoms with van der Waals surface area (Å²) in [4.78, 5) is 14.6. The lowest BCUT2D eigenvalue weighted by atomic mass is 10.0. The number of carbonyl (C=O) groups excluding carboxylic acids is 1. The van der Waals surface area contributed by atoms with Crippen molar-refractivity contribution < 1.29 is 9.53 Å². The van der Waals surface area contributed by atoms with E-state index in [9.17, 15) is 4.79 Å². The Kier molecular flexibility index (Phi) is 4.40. The van der Waals surface area contributed by atoms with E-state index in [0.29, 0.717) is 24.2 Å². The summed E-state index contributed by atoms with van der Waals surface area (Å²) in [6.07, 6.45) is -0.153. The summed E-state index contributed by atoms with van der Waals surface area (Å²) in [7, 11) is 0. The van der Waals surface area contributed by atoms with Crippen LogP contribution in [-0.4, -0.2) is 30.0 Å². The van der Waals surface area contributed by atoms with E-state index in [-0.39, 0.29) is 18.1 Å². The molecular formula is C19H18N2O2. The van der Waals surface area contributed by atoms with E-state index in [1.165, 1.54) is 0 Å². The molecule has 0 aromatic heterocycles. The molecule has 2 aromatic rings. The van der Waals surface area contributed by atoms with Gasteiger partial charge in [-0.1, -0.05) is 36.4 Å². The number of carbonyl (C=O) groups is 1. The first-order chi connectivity index (χ1) is 11.2. The summed E-state index contributed by atoms with van der Waals surface area (Å²) < 4.78 is 5.99. The van der Waals surface area contributed by atoms with E-state index in [0.717, 1.165) is 5.56 Å². The van der Waals surface area contributed by atoms with Gasteiger partial charge in [-0.3, -0.25) is 4.79 Å². The number of nitrogens with zero attached hydrogens (tertiary/aromatic N) is 2. The van der Waals surface area contributed by atoms with Crippen molar-refractivity contribution in [3.63, 3.8) is 0 Å². The topological polar surface area (TPSA) is 53.3 Å². The third-order valence-corrected chi connectivity index (χ3v) is 3.96. The van der Waals surface area contributed by atoms with E-state index < -0.39 is 0 Å². The van der Waals surface area contributed by atoms with Gasteiger partial charge in [0, 0.05) is 12.1 Å². The zero-order valence-electron chi connectivity index (χ0n) is 13.0. The van der Waals surface area contributed by atoms with Crippen LogP contribution >= 0.6 is 0 Å². The Bertz CT molecular complexity index is 737. The van der Waals surface area contributed by atoms with E-state index in [2.05, 4.69) is 6.07 Å².